The van der Waals surface area contributed by atoms with Crippen LogP contribution in [-0.4, -0.2) is 55.7 Å². The topological polar surface area (TPSA) is 80.8 Å². The normalized spacial score (nSPS) is 15.2. The van der Waals surface area contributed by atoms with Gasteiger partial charge in [-0.3, -0.25) is 4.79 Å². The lowest BCUT2D eigenvalue weighted by molar-refractivity contribution is 0.0474. The van der Waals surface area contributed by atoms with E-state index >= 15 is 0 Å². The van der Waals surface area contributed by atoms with Gasteiger partial charge in [0.15, 0.2) is 12.4 Å². The van der Waals surface area contributed by atoms with Crippen LogP contribution in [0.3, 0.4) is 0 Å². The number of benzene rings is 2. The fraction of sp³-hybridized carbons (Fsp3) is 0.263. The lowest BCUT2D eigenvalue weighted by atomic mass is 10.1. The average molecular weight is 440 g/mol. The van der Waals surface area contributed by atoms with Crippen LogP contribution in [0.4, 0.5) is 0 Å². The minimum atomic E-state index is -3.72. The summed E-state index contributed by atoms with van der Waals surface area (Å²) in [4.78, 5) is 24.4. The molecule has 1 aliphatic heterocycles. The zero-order valence-electron chi connectivity index (χ0n) is 14.8. The van der Waals surface area contributed by atoms with Gasteiger partial charge in [0, 0.05) is 30.2 Å². The lowest BCUT2D eigenvalue weighted by Crippen LogP contribution is -2.37. The molecule has 1 saturated heterocycles. The molecule has 2 aromatic carbocycles. The number of hydrogen-bond acceptors (Lipinski definition) is 6. The summed E-state index contributed by atoms with van der Waals surface area (Å²) >= 11 is 7.76. The molecule has 0 aliphatic carbocycles. The van der Waals surface area contributed by atoms with Crippen molar-refractivity contribution in [1.82, 2.24) is 4.31 Å². The minimum Gasteiger partial charge on any atom is -0.454 e. The third-order valence-corrected chi connectivity index (χ3v) is 7.36. The van der Waals surface area contributed by atoms with Crippen LogP contribution in [0.25, 0.3) is 0 Å². The molecule has 0 aromatic heterocycles. The van der Waals surface area contributed by atoms with E-state index in [4.69, 9.17) is 16.3 Å². The molecule has 0 N–H and O–H groups in total. The number of nitrogens with zero attached hydrogens (tertiary/aromatic N) is 1. The Morgan fingerprint density at radius 1 is 1.07 bits per heavy atom. The van der Waals surface area contributed by atoms with Crippen LogP contribution in [0.2, 0.25) is 5.02 Å². The van der Waals surface area contributed by atoms with Crippen LogP contribution in [0, 0.1) is 0 Å². The molecule has 1 fully saturated rings. The van der Waals surface area contributed by atoms with Crippen molar-refractivity contribution in [2.24, 2.45) is 0 Å². The maximum absolute atomic E-state index is 12.8. The molecule has 0 unspecified atom stereocenters. The molecule has 9 heteroatoms. The highest BCUT2D eigenvalue weighted by molar-refractivity contribution is 7.99. The Labute approximate surface area is 172 Å². The number of sulfonamides is 1. The Hall–Kier alpha value is -1.87. The van der Waals surface area contributed by atoms with Crippen molar-refractivity contribution in [2.75, 3.05) is 31.2 Å². The summed E-state index contributed by atoms with van der Waals surface area (Å²) < 4.78 is 32.0. The highest BCUT2D eigenvalue weighted by atomic mass is 35.5. The van der Waals surface area contributed by atoms with Crippen molar-refractivity contribution in [3.05, 3.63) is 64.7 Å². The summed E-state index contributed by atoms with van der Waals surface area (Å²) in [5.74, 6) is 0.243. The number of Topliss-reactive ketones (excluding diaryl/α,β-unsaturated/α-hetero) is 1. The molecule has 1 aliphatic rings. The molecule has 0 radical (unpaired) electrons. The Morgan fingerprint density at radius 3 is 2.43 bits per heavy atom. The largest absolute Gasteiger partial charge is 0.454 e. The smallest absolute Gasteiger partial charge is 0.340 e. The van der Waals surface area contributed by atoms with E-state index in [2.05, 4.69) is 0 Å². The van der Waals surface area contributed by atoms with Crippen molar-refractivity contribution >= 4 is 45.1 Å². The summed E-state index contributed by atoms with van der Waals surface area (Å²) in [5, 5.41) is 0.0605. The zero-order chi connectivity index (χ0) is 20.1. The maximum Gasteiger partial charge on any atom is 0.340 e. The Morgan fingerprint density at radius 2 is 1.75 bits per heavy atom. The van der Waals surface area contributed by atoms with Gasteiger partial charge in [-0.15, -0.1) is 0 Å². The molecule has 148 valence electrons. The minimum absolute atomic E-state index is 0.0230. The van der Waals surface area contributed by atoms with Crippen molar-refractivity contribution in [3.63, 3.8) is 0 Å². The fourth-order valence-corrected chi connectivity index (χ4v) is 5.47. The molecule has 0 atom stereocenters. The van der Waals surface area contributed by atoms with Crippen LogP contribution in [0.1, 0.15) is 20.7 Å². The second-order valence-corrected chi connectivity index (χ2v) is 9.59. The van der Waals surface area contributed by atoms with Gasteiger partial charge in [-0.2, -0.15) is 16.1 Å². The van der Waals surface area contributed by atoms with Crippen molar-refractivity contribution in [3.8, 4) is 0 Å². The van der Waals surface area contributed by atoms with Gasteiger partial charge in [-0.25, -0.2) is 13.2 Å². The van der Waals surface area contributed by atoms with E-state index in [0.29, 0.717) is 18.7 Å². The SMILES string of the molecule is O=C(COC(=O)c1cc(S(=O)(=O)N2CCSCC2)ccc1Cl)c1ccccc1. The molecule has 3 rings (SSSR count). The third kappa shape index (κ3) is 4.75. The predicted molar refractivity (Wildman–Crippen MR) is 109 cm³/mol. The molecule has 0 spiro atoms. The second-order valence-electron chi connectivity index (χ2n) is 6.02. The number of thioether (sulfide) groups is 1. The van der Waals surface area contributed by atoms with Gasteiger partial charge in [-0.05, 0) is 18.2 Å². The lowest BCUT2D eigenvalue weighted by Gasteiger charge is -2.25. The Balaban J connectivity index is 1.75. The first-order valence-electron chi connectivity index (χ1n) is 8.52. The summed E-state index contributed by atoms with van der Waals surface area (Å²) in [5.41, 5.74) is 0.329. The highest BCUT2D eigenvalue weighted by Gasteiger charge is 2.27. The van der Waals surface area contributed by atoms with Gasteiger partial charge >= 0.3 is 5.97 Å². The summed E-state index contributed by atoms with van der Waals surface area (Å²) in [6, 6.07) is 12.3. The first-order valence-corrected chi connectivity index (χ1v) is 11.5. The molecular formula is C19H18ClNO5S2. The molecule has 2 aromatic rings. The third-order valence-electron chi connectivity index (χ3n) is 4.20. The van der Waals surface area contributed by atoms with Gasteiger partial charge in [0.25, 0.3) is 0 Å². The monoisotopic (exact) mass is 439 g/mol. The van der Waals surface area contributed by atoms with Gasteiger partial charge in [0.2, 0.25) is 10.0 Å². The molecule has 28 heavy (non-hydrogen) atoms. The highest BCUT2D eigenvalue weighted by Crippen LogP contribution is 2.25. The number of hydrogen-bond donors (Lipinski definition) is 0. The van der Waals surface area contributed by atoms with Gasteiger partial charge in [-0.1, -0.05) is 41.9 Å². The van der Waals surface area contributed by atoms with Crippen LogP contribution in [0.5, 0.6) is 0 Å². The summed E-state index contributed by atoms with van der Waals surface area (Å²) in [7, 11) is -3.72. The molecule has 0 amide bonds. The van der Waals surface area contributed by atoms with E-state index in [1.807, 2.05) is 0 Å². The van der Waals surface area contributed by atoms with Crippen LogP contribution in [-0.2, 0) is 14.8 Å². The molecular weight excluding hydrogens is 422 g/mol. The number of ether oxygens (including phenoxy) is 1. The number of esters is 1. The van der Waals surface area contributed by atoms with Gasteiger partial charge < -0.3 is 4.74 Å². The summed E-state index contributed by atoms with van der Waals surface area (Å²) in [6.07, 6.45) is 0. The van der Waals surface area contributed by atoms with E-state index in [-0.39, 0.29) is 21.3 Å². The van der Waals surface area contributed by atoms with Crippen LogP contribution >= 0.6 is 23.4 Å². The van der Waals surface area contributed by atoms with Crippen molar-refractivity contribution in [1.29, 1.82) is 0 Å². The van der Waals surface area contributed by atoms with E-state index in [9.17, 15) is 18.0 Å². The molecule has 0 saturated carbocycles. The molecule has 1 heterocycles. The zero-order valence-corrected chi connectivity index (χ0v) is 17.2. The van der Waals surface area contributed by atoms with E-state index in [1.165, 1.54) is 22.5 Å². The van der Waals surface area contributed by atoms with Gasteiger partial charge in [0.05, 0.1) is 15.5 Å². The molecule has 6 nitrogen and oxygen atoms in total. The maximum atomic E-state index is 12.8. The first-order chi connectivity index (χ1) is 13.4. The Kier molecular flexibility index (Phi) is 6.77. The quantitative estimate of drug-likeness (QED) is 0.508. The van der Waals surface area contributed by atoms with Crippen molar-refractivity contribution < 1.29 is 22.7 Å². The van der Waals surface area contributed by atoms with E-state index in [0.717, 1.165) is 11.5 Å². The number of carbonyl (C=O) groups excluding carboxylic acids is 2. The van der Waals surface area contributed by atoms with E-state index < -0.39 is 22.6 Å². The Bertz CT molecular complexity index is 973. The predicted octanol–water partition coefficient (Wildman–Crippen LogP) is 3.12. The number of halogens is 1. The number of rotatable bonds is 6. The fourth-order valence-electron chi connectivity index (χ4n) is 2.67. The van der Waals surface area contributed by atoms with Crippen molar-refractivity contribution in [2.45, 2.75) is 4.90 Å². The number of ketones is 1. The molecule has 0 bridgehead atoms. The van der Waals surface area contributed by atoms with Crippen LogP contribution in [0.15, 0.2) is 53.4 Å². The summed E-state index contributed by atoms with van der Waals surface area (Å²) in [6.45, 7) is 0.376. The average Bonchev–Trinajstić information content (AvgIpc) is 2.73. The standard InChI is InChI=1S/C19H18ClNO5S2/c20-17-7-6-15(28(24,25)21-8-10-27-11-9-21)12-16(17)19(23)26-13-18(22)14-4-2-1-3-5-14/h1-7,12H,8-11,13H2. The van der Waals surface area contributed by atoms with E-state index in [1.54, 1.807) is 42.1 Å². The second kappa shape index (κ2) is 9.09. The number of carbonyl (C=O) groups is 2. The first kappa shape index (κ1) is 20.9. The van der Waals surface area contributed by atoms with Crippen LogP contribution < -0.4 is 0 Å². The van der Waals surface area contributed by atoms with Gasteiger partial charge in [0.1, 0.15) is 0 Å².